The third-order valence-corrected chi connectivity index (χ3v) is 2.98. The molecule has 0 aliphatic heterocycles. The molecule has 0 aromatic rings. The van der Waals surface area contributed by atoms with E-state index >= 15 is 0 Å². The van der Waals surface area contributed by atoms with Crippen LogP contribution in [0, 0.1) is 11.8 Å². The minimum atomic E-state index is -0.922. The van der Waals surface area contributed by atoms with Gasteiger partial charge in [-0.15, -0.1) is 0 Å². The maximum absolute atomic E-state index is 13.6. The lowest BCUT2D eigenvalue weighted by Gasteiger charge is -2.00. The van der Waals surface area contributed by atoms with Gasteiger partial charge in [-0.05, 0) is 70.4 Å². The van der Waals surface area contributed by atoms with Gasteiger partial charge in [0, 0.05) is 5.57 Å². The standard InChI is InChI=1S/C20H23F3/c1-7-8-19(22)17(5)16(4)12-11-14(2)9-10-15(3)13-20(23)18(6)21/h7-8,11-13H,1-6H3/b8-7-,14-11+,15-13+,16-12+,19-17-,20-18-. The fraction of sp³-hybridized carbons (Fsp3) is 0.300. The molecule has 0 spiro atoms. The van der Waals surface area contributed by atoms with Crippen molar-refractivity contribution in [1.29, 1.82) is 0 Å². The highest BCUT2D eigenvalue weighted by Gasteiger charge is 1.99. The van der Waals surface area contributed by atoms with Crippen LogP contribution in [-0.4, -0.2) is 0 Å². The van der Waals surface area contributed by atoms with Gasteiger partial charge >= 0.3 is 0 Å². The van der Waals surface area contributed by atoms with Gasteiger partial charge in [0.2, 0.25) is 0 Å². The van der Waals surface area contributed by atoms with E-state index in [0.29, 0.717) is 11.1 Å². The second kappa shape index (κ2) is 10.5. The van der Waals surface area contributed by atoms with E-state index < -0.39 is 11.7 Å². The van der Waals surface area contributed by atoms with E-state index in [4.69, 9.17) is 0 Å². The summed E-state index contributed by atoms with van der Waals surface area (Å²) in [5, 5.41) is 0. The monoisotopic (exact) mass is 320 g/mol. The van der Waals surface area contributed by atoms with Crippen LogP contribution in [0.1, 0.15) is 41.5 Å². The molecule has 0 N–H and O–H groups in total. The summed E-state index contributed by atoms with van der Waals surface area (Å²) in [5.74, 6) is 3.51. The van der Waals surface area contributed by atoms with E-state index in [-0.39, 0.29) is 5.83 Å². The minimum Gasteiger partial charge on any atom is -0.209 e. The Hall–Kier alpha value is -2.21. The van der Waals surface area contributed by atoms with E-state index in [1.807, 2.05) is 6.92 Å². The maximum Gasteiger partial charge on any atom is 0.155 e. The van der Waals surface area contributed by atoms with Crippen LogP contribution < -0.4 is 0 Å². The predicted molar refractivity (Wildman–Crippen MR) is 92.6 cm³/mol. The normalized spacial score (nSPS) is 16.0. The molecule has 0 aliphatic carbocycles. The summed E-state index contributed by atoms with van der Waals surface area (Å²) in [7, 11) is 0. The van der Waals surface area contributed by atoms with Crippen molar-refractivity contribution in [2.75, 3.05) is 0 Å². The molecule has 3 heteroatoms. The van der Waals surface area contributed by atoms with Crippen molar-refractivity contribution in [3.05, 3.63) is 70.2 Å². The first-order valence-corrected chi connectivity index (χ1v) is 7.25. The van der Waals surface area contributed by atoms with Crippen molar-refractivity contribution in [2.24, 2.45) is 0 Å². The van der Waals surface area contributed by atoms with Gasteiger partial charge in [0.05, 0.1) is 0 Å². The van der Waals surface area contributed by atoms with Gasteiger partial charge in [0.1, 0.15) is 11.7 Å². The number of hydrogen-bond donors (Lipinski definition) is 0. The number of allylic oxidation sites excluding steroid dienone is 12. The Kier molecular flexibility index (Phi) is 9.50. The van der Waals surface area contributed by atoms with Crippen molar-refractivity contribution in [3.63, 3.8) is 0 Å². The van der Waals surface area contributed by atoms with Crippen LogP contribution in [-0.2, 0) is 0 Å². The summed E-state index contributed by atoms with van der Waals surface area (Å²) in [5.41, 5.74) is 2.50. The molecule has 0 aliphatic rings. The summed E-state index contributed by atoms with van der Waals surface area (Å²) in [6.45, 7) is 9.71. The highest BCUT2D eigenvalue weighted by molar-refractivity contribution is 5.42. The van der Waals surface area contributed by atoms with E-state index in [1.54, 1.807) is 45.9 Å². The van der Waals surface area contributed by atoms with Crippen LogP contribution in [0.2, 0.25) is 0 Å². The highest BCUT2D eigenvalue weighted by atomic mass is 19.2. The van der Waals surface area contributed by atoms with Gasteiger partial charge in [-0.3, -0.25) is 0 Å². The Balaban J connectivity index is 5.23. The molecule has 0 unspecified atom stereocenters. The Bertz CT molecular complexity index is 665. The fourth-order valence-corrected chi connectivity index (χ4v) is 1.40. The summed E-state index contributed by atoms with van der Waals surface area (Å²) in [6, 6.07) is 0. The Labute approximate surface area is 137 Å². The summed E-state index contributed by atoms with van der Waals surface area (Å²) >= 11 is 0. The predicted octanol–water partition coefficient (Wildman–Crippen LogP) is 6.82. The SMILES string of the molecule is C\C=C/C(F)=C(C)/C(C)=C/C=C(\C)C#C/C(C)=C/C(F)=C(\C)F. The van der Waals surface area contributed by atoms with Gasteiger partial charge in [0.25, 0.3) is 0 Å². The summed E-state index contributed by atoms with van der Waals surface area (Å²) in [4.78, 5) is 0. The van der Waals surface area contributed by atoms with Crippen molar-refractivity contribution >= 4 is 0 Å². The van der Waals surface area contributed by atoms with Crippen LogP contribution in [0.4, 0.5) is 13.2 Å². The van der Waals surface area contributed by atoms with Gasteiger partial charge in [-0.2, -0.15) is 0 Å². The van der Waals surface area contributed by atoms with Gasteiger partial charge in [0.15, 0.2) is 5.83 Å². The van der Waals surface area contributed by atoms with Gasteiger partial charge < -0.3 is 0 Å². The van der Waals surface area contributed by atoms with E-state index in [1.165, 1.54) is 6.08 Å². The minimum absolute atomic E-state index is 0.277. The first-order chi connectivity index (χ1) is 10.7. The lowest BCUT2D eigenvalue weighted by Crippen LogP contribution is -1.83. The Morgan fingerprint density at radius 2 is 1.35 bits per heavy atom. The third-order valence-electron chi connectivity index (χ3n) is 2.98. The van der Waals surface area contributed by atoms with Crippen LogP contribution in [0.15, 0.2) is 70.2 Å². The molecule has 23 heavy (non-hydrogen) atoms. The molecule has 0 rings (SSSR count). The molecule has 0 saturated heterocycles. The van der Waals surface area contributed by atoms with Crippen LogP contribution in [0.3, 0.4) is 0 Å². The fourth-order valence-electron chi connectivity index (χ4n) is 1.40. The quantitative estimate of drug-likeness (QED) is 0.394. The zero-order chi connectivity index (χ0) is 18.0. The van der Waals surface area contributed by atoms with E-state index in [9.17, 15) is 13.2 Å². The molecule has 124 valence electrons. The Morgan fingerprint density at radius 1 is 0.783 bits per heavy atom. The van der Waals surface area contributed by atoms with Crippen LogP contribution >= 0.6 is 0 Å². The maximum atomic E-state index is 13.6. The average molecular weight is 320 g/mol. The molecule has 0 fully saturated rings. The topological polar surface area (TPSA) is 0 Å². The summed E-state index contributed by atoms with van der Waals surface area (Å²) in [6.07, 6.45) is 7.63. The van der Waals surface area contributed by atoms with Crippen molar-refractivity contribution < 1.29 is 13.2 Å². The van der Waals surface area contributed by atoms with Gasteiger partial charge in [-0.1, -0.05) is 30.1 Å². The lowest BCUT2D eigenvalue weighted by atomic mass is 10.1. The van der Waals surface area contributed by atoms with Crippen molar-refractivity contribution in [1.82, 2.24) is 0 Å². The summed E-state index contributed by atoms with van der Waals surface area (Å²) < 4.78 is 39.3. The second-order valence-corrected chi connectivity index (χ2v) is 5.13. The smallest absolute Gasteiger partial charge is 0.155 e. The average Bonchev–Trinajstić information content (AvgIpc) is 2.49. The number of hydrogen-bond acceptors (Lipinski definition) is 0. The molecule has 0 amide bonds. The molecule has 0 saturated carbocycles. The zero-order valence-electron chi connectivity index (χ0n) is 14.5. The van der Waals surface area contributed by atoms with Gasteiger partial charge in [-0.25, -0.2) is 13.2 Å². The van der Waals surface area contributed by atoms with Crippen LogP contribution in [0.5, 0.6) is 0 Å². The Morgan fingerprint density at radius 3 is 1.87 bits per heavy atom. The second-order valence-electron chi connectivity index (χ2n) is 5.13. The first kappa shape index (κ1) is 20.8. The molecule has 0 aromatic heterocycles. The molecule has 0 atom stereocenters. The lowest BCUT2D eigenvalue weighted by molar-refractivity contribution is 0.555. The van der Waals surface area contributed by atoms with Crippen molar-refractivity contribution in [3.8, 4) is 11.8 Å². The zero-order valence-corrected chi connectivity index (χ0v) is 14.5. The van der Waals surface area contributed by atoms with E-state index in [2.05, 4.69) is 11.8 Å². The molecular weight excluding hydrogens is 297 g/mol. The molecule has 0 heterocycles. The molecule has 0 nitrogen and oxygen atoms in total. The number of halogens is 3. The van der Waals surface area contributed by atoms with Crippen molar-refractivity contribution in [2.45, 2.75) is 41.5 Å². The largest absolute Gasteiger partial charge is 0.209 e. The molecular formula is C20H23F3. The molecule has 0 radical (unpaired) electrons. The third kappa shape index (κ3) is 8.73. The molecule has 0 aromatic carbocycles. The first-order valence-electron chi connectivity index (χ1n) is 7.25. The molecule has 0 bridgehead atoms. The number of rotatable bonds is 4. The highest BCUT2D eigenvalue weighted by Crippen LogP contribution is 2.16. The van der Waals surface area contributed by atoms with Crippen LogP contribution in [0.25, 0.3) is 0 Å². The van der Waals surface area contributed by atoms with E-state index in [0.717, 1.165) is 24.1 Å².